The quantitative estimate of drug-likeness (QED) is 0.171. The average Bonchev–Trinajstić information content (AvgIpc) is 3.21. The highest BCUT2D eigenvalue weighted by atomic mass is 15.0. The molecule has 242 valence electrons. The van der Waals surface area contributed by atoms with Crippen LogP contribution in [0.5, 0.6) is 0 Å². The number of hydrogen-bond donors (Lipinski definition) is 1. The van der Waals surface area contributed by atoms with E-state index in [1.165, 1.54) is 0 Å². The molecule has 8 heteroatoms. The van der Waals surface area contributed by atoms with Gasteiger partial charge in [-0.05, 0) is 47.5 Å². The standard InChI is InChI=1S/C43H30N8/c44-27-34(45)25-41-35-7-1-2-10-38(35)48-42(51-41)32-19-21-33(22-20-32)43-49-39(30-15-11-28(12-16-30)36-8-3-5-23-46-36)26-40(50-43)31-17-13-29(14-18-31)37-9-4-6-24-47-37/h1-25,39H,26,45H2. The lowest BCUT2D eigenvalue weighted by molar-refractivity contribution is 0.754. The fourth-order valence-corrected chi connectivity index (χ4v) is 6.16. The van der Waals surface area contributed by atoms with E-state index in [1.807, 2.05) is 91.0 Å². The second-order valence-corrected chi connectivity index (χ2v) is 12.1. The summed E-state index contributed by atoms with van der Waals surface area (Å²) in [6.45, 7) is 0. The number of hydrogen-bond acceptors (Lipinski definition) is 8. The van der Waals surface area contributed by atoms with Crippen LogP contribution in [0.15, 0.2) is 162 Å². The molecule has 51 heavy (non-hydrogen) atoms. The Balaban J connectivity index is 1.15. The molecule has 8 rings (SSSR count). The van der Waals surface area contributed by atoms with Crippen LogP contribution in [-0.2, 0) is 0 Å². The zero-order chi connectivity index (χ0) is 34.6. The molecule has 2 N–H and O–H groups in total. The van der Waals surface area contributed by atoms with Crippen molar-refractivity contribution in [2.24, 2.45) is 15.7 Å². The molecule has 0 fully saturated rings. The van der Waals surface area contributed by atoms with Gasteiger partial charge in [-0.15, -0.1) is 0 Å². The summed E-state index contributed by atoms with van der Waals surface area (Å²) in [5.41, 5.74) is 16.1. The van der Waals surface area contributed by atoms with E-state index in [1.54, 1.807) is 18.5 Å². The number of nitrogens with zero attached hydrogens (tertiary/aromatic N) is 7. The number of nitriles is 1. The lowest BCUT2D eigenvalue weighted by Crippen LogP contribution is -2.17. The third-order valence-electron chi connectivity index (χ3n) is 8.80. The Bertz CT molecular complexity index is 2480. The van der Waals surface area contributed by atoms with Gasteiger partial charge in [0.2, 0.25) is 0 Å². The highest BCUT2D eigenvalue weighted by Crippen LogP contribution is 2.32. The SMILES string of the molecule is N#CC(N)=Cc1nc(-c2ccc(C3=NC(c4ccc(-c5ccccn5)cc4)CC(c4ccc(-c5ccccn5)cc4)=N3)cc2)nc2ccccc12. The van der Waals surface area contributed by atoms with Crippen LogP contribution in [0, 0.1) is 11.3 Å². The minimum absolute atomic E-state index is 0.0800. The highest BCUT2D eigenvalue weighted by molar-refractivity contribution is 6.14. The number of allylic oxidation sites excluding steroid dienone is 1. The molecule has 1 atom stereocenters. The van der Waals surface area contributed by atoms with Crippen molar-refractivity contribution in [3.05, 3.63) is 174 Å². The molecule has 0 bridgehead atoms. The second-order valence-electron chi connectivity index (χ2n) is 12.1. The molecule has 0 aliphatic carbocycles. The number of aliphatic imine (C=N–C) groups is 2. The van der Waals surface area contributed by atoms with E-state index < -0.39 is 0 Å². The molecule has 0 saturated heterocycles. The smallest absolute Gasteiger partial charge is 0.160 e. The molecular weight excluding hydrogens is 629 g/mol. The van der Waals surface area contributed by atoms with E-state index in [0.29, 0.717) is 23.8 Å². The number of para-hydroxylation sites is 1. The number of rotatable bonds is 7. The van der Waals surface area contributed by atoms with Crippen LogP contribution in [0.3, 0.4) is 0 Å². The highest BCUT2D eigenvalue weighted by Gasteiger charge is 2.23. The molecule has 0 amide bonds. The van der Waals surface area contributed by atoms with Gasteiger partial charge in [-0.3, -0.25) is 15.0 Å². The van der Waals surface area contributed by atoms with E-state index in [4.69, 9.17) is 25.7 Å². The van der Waals surface area contributed by atoms with Crippen molar-refractivity contribution in [3.8, 4) is 40.0 Å². The van der Waals surface area contributed by atoms with E-state index in [0.717, 1.165) is 61.4 Å². The summed E-state index contributed by atoms with van der Waals surface area (Å²) >= 11 is 0. The van der Waals surface area contributed by atoms with E-state index in [-0.39, 0.29) is 11.7 Å². The predicted molar refractivity (Wildman–Crippen MR) is 203 cm³/mol. The van der Waals surface area contributed by atoms with Crippen molar-refractivity contribution >= 4 is 28.5 Å². The fourth-order valence-electron chi connectivity index (χ4n) is 6.16. The monoisotopic (exact) mass is 658 g/mol. The van der Waals surface area contributed by atoms with Crippen LogP contribution in [0.1, 0.15) is 34.8 Å². The average molecular weight is 659 g/mol. The Hall–Kier alpha value is -7.11. The van der Waals surface area contributed by atoms with Crippen LogP contribution in [0.2, 0.25) is 0 Å². The first-order chi connectivity index (χ1) is 25.1. The summed E-state index contributed by atoms with van der Waals surface area (Å²) in [6, 6.07) is 46.2. The zero-order valence-electron chi connectivity index (χ0n) is 27.4. The molecule has 0 saturated carbocycles. The maximum absolute atomic E-state index is 9.30. The van der Waals surface area contributed by atoms with Crippen molar-refractivity contribution < 1.29 is 0 Å². The molecule has 0 radical (unpaired) electrons. The number of amidine groups is 1. The topological polar surface area (TPSA) is 126 Å². The lowest BCUT2D eigenvalue weighted by Gasteiger charge is -2.22. The normalized spacial score (nSPS) is 14.4. The van der Waals surface area contributed by atoms with Crippen molar-refractivity contribution in [2.45, 2.75) is 12.5 Å². The molecule has 3 aromatic heterocycles. The molecule has 0 spiro atoms. The number of fused-ring (bicyclic) bond motifs is 1. The molecule has 8 nitrogen and oxygen atoms in total. The molecular formula is C43H30N8. The first kappa shape index (κ1) is 31.2. The van der Waals surface area contributed by atoms with Crippen LogP contribution in [0.4, 0.5) is 0 Å². The van der Waals surface area contributed by atoms with Gasteiger partial charge in [0, 0.05) is 46.5 Å². The minimum atomic E-state index is -0.135. The minimum Gasteiger partial charge on any atom is -0.390 e. The van der Waals surface area contributed by atoms with E-state index in [2.05, 4.69) is 58.5 Å². The number of benzene rings is 4. The lowest BCUT2D eigenvalue weighted by atomic mass is 9.94. The van der Waals surface area contributed by atoms with Gasteiger partial charge in [-0.25, -0.2) is 15.0 Å². The van der Waals surface area contributed by atoms with Crippen LogP contribution >= 0.6 is 0 Å². The van der Waals surface area contributed by atoms with Crippen molar-refractivity contribution in [3.63, 3.8) is 0 Å². The first-order valence-electron chi connectivity index (χ1n) is 16.5. The maximum Gasteiger partial charge on any atom is 0.160 e. The Kier molecular flexibility index (Phi) is 8.43. The van der Waals surface area contributed by atoms with E-state index >= 15 is 0 Å². The maximum atomic E-state index is 9.30. The second kappa shape index (κ2) is 13.8. The van der Waals surface area contributed by atoms with Gasteiger partial charge in [0.1, 0.15) is 11.8 Å². The summed E-state index contributed by atoms with van der Waals surface area (Å²) < 4.78 is 0. The molecule has 1 aliphatic heterocycles. The molecule has 1 aliphatic rings. The largest absolute Gasteiger partial charge is 0.390 e. The Morgan fingerprint density at radius 3 is 1.88 bits per heavy atom. The van der Waals surface area contributed by atoms with Gasteiger partial charge in [-0.1, -0.05) is 103 Å². The molecule has 4 aromatic carbocycles. The Labute approximate surface area is 295 Å². The van der Waals surface area contributed by atoms with Gasteiger partial charge in [-0.2, -0.15) is 5.26 Å². The summed E-state index contributed by atoms with van der Waals surface area (Å²) in [6.07, 6.45) is 5.85. The molecule has 4 heterocycles. The summed E-state index contributed by atoms with van der Waals surface area (Å²) in [5.74, 6) is 1.19. The van der Waals surface area contributed by atoms with Gasteiger partial charge in [0.25, 0.3) is 0 Å². The van der Waals surface area contributed by atoms with Crippen molar-refractivity contribution in [2.75, 3.05) is 0 Å². The van der Waals surface area contributed by atoms with Gasteiger partial charge >= 0.3 is 0 Å². The molecule has 7 aromatic rings. The third-order valence-corrected chi connectivity index (χ3v) is 8.80. The van der Waals surface area contributed by atoms with Gasteiger partial charge in [0.15, 0.2) is 11.7 Å². The number of aromatic nitrogens is 4. The Morgan fingerprint density at radius 1 is 0.647 bits per heavy atom. The Morgan fingerprint density at radius 2 is 1.24 bits per heavy atom. The van der Waals surface area contributed by atoms with Crippen LogP contribution in [-0.4, -0.2) is 31.5 Å². The van der Waals surface area contributed by atoms with Crippen LogP contribution < -0.4 is 5.73 Å². The number of nitrogens with two attached hydrogens (primary N) is 1. The summed E-state index contributed by atoms with van der Waals surface area (Å²) in [4.78, 5) is 28.9. The zero-order valence-corrected chi connectivity index (χ0v) is 27.4. The first-order valence-corrected chi connectivity index (χ1v) is 16.5. The third kappa shape index (κ3) is 6.64. The number of pyridine rings is 2. The van der Waals surface area contributed by atoms with Crippen LogP contribution in [0.25, 0.3) is 50.9 Å². The fraction of sp³-hybridized carbons (Fsp3) is 0.0465. The van der Waals surface area contributed by atoms with Gasteiger partial charge in [0.05, 0.1) is 34.4 Å². The molecule has 1 unspecified atom stereocenters. The van der Waals surface area contributed by atoms with Gasteiger partial charge < -0.3 is 5.73 Å². The summed E-state index contributed by atoms with van der Waals surface area (Å²) in [7, 11) is 0. The summed E-state index contributed by atoms with van der Waals surface area (Å²) in [5, 5.41) is 10.1. The van der Waals surface area contributed by atoms with Crippen molar-refractivity contribution in [1.82, 2.24) is 19.9 Å². The predicted octanol–water partition coefficient (Wildman–Crippen LogP) is 8.62. The van der Waals surface area contributed by atoms with Crippen molar-refractivity contribution in [1.29, 1.82) is 5.26 Å². The van der Waals surface area contributed by atoms with E-state index in [9.17, 15) is 5.26 Å².